The van der Waals surface area contributed by atoms with Crippen molar-refractivity contribution in [3.05, 3.63) is 28.2 Å². The van der Waals surface area contributed by atoms with Crippen molar-refractivity contribution in [2.24, 2.45) is 0 Å². The second kappa shape index (κ2) is 8.63. The van der Waals surface area contributed by atoms with Gasteiger partial charge < -0.3 is 20.5 Å². The highest BCUT2D eigenvalue weighted by Gasteiger charge is 2.14. The van der Waals surface area contributed by atoms with Crippen LogP contribution in [0.1, 0.15) is 18.9 Å². The zero-order valence-electron chi connectivity index (χ0n) is 12.0. The van der Waals surface area contributed by atoms with Crippen molar-refractivity contribution >= 4 is 33.6 Å². The number of carbonyl (C=O) groups is 2. The van der Waals surface area contributed by atoms with Crippen molar-refractivity contribution in [3.8, 4) is 0 Å². The van der Waals surface area contributed by atoms with Crippen LogP contribution in [0.15, 0.2) is 22.7 Å². The first-order chi connectivity index (χ1) is 9.96. The number of hydrogen-bond donors (Lipinski definition) is 3. The molecule has 0 aliphatic heterocycles. The highest BCUT2D eigenvalue weighted by Crippen LogP contribution is 2.21. The molecule has 7 heteroatoms. The summed E-state index contributed by atoms with van der Waals surface area (Å²) in [7, 11) is 1.41. The van der Waals surface area contributed by atoms with Gasteiger partial charge in [-0.15, -0.1) is 0 Å². The molecule has 2 amide bonds. The van der Waals surface area contributed by atoms with E-state index in [1.165, 1.54) is 7.11 Å². The van der Waals surface area contributed by atoms with Gasteiger partial charge in [0.05, 0.1) is 12.5 Å². The summed E-state index contributed by atoms with van der Waals surface area (Å²) in [5.74, 6) is -0.967. The molecule has 0 bridgehead atoms. The number of carboxylic acids is 1. The Bertz CT molecular complexity index is 508. The molecule has 1 rings (SSSR count). The third-order valence-electron chi connectivity index (χ3n) is 2.92. The van der Waals surface area contributed by atoms with Gasteiger partial charge in [-0.1, -0.05) is 22.9 Å². The molecule has 0 aromatic heterocycles. The number of anilines is 1. The number of carbonyl (C=O) groups excluding carboxylic acids is 1. The average molecular weight is 359 g/mol. The minimum absolute atomic E-state index is 0.132. The SMILES string of the molecule is CCc1cc(Br)ccc1NC(=O)NCC(CC(=O)O)OC. The van der Waals surface area contributed by atoms with Gasteiger partial charge in [-0.05, 0) is 30.2 Å². The van der Waals surface area contributed by atoms with Crippen LogP contribution in [0.3, 0.4) is 0 Å². The molecule has 0 saturated carbocycles. The lowest BCUT2D eigenvalue weighted by molar-refractivity contribution is -0.139. The van der Waals surface area contributed by atoms with E-state index < -0.39 is 12.1 Å². The summed E-state index contributed by atoms with van der Waals surface area (Å²) in [5.41, 5.74) is 1.73. The summed E-state index contributed by atoms with van der Waals surface area (Å²) in [4.78, 5) is 22.4. The summed E-state index contributed by atoms with van der Waals surface area (Å²) in [6, 6.07) is 5.21. The van der Waals surface area contributed by atoms with Gasteiger partial charge in [0.15, 0.2) is 0 Å². The number of halogens is 1. The number of amides is 2. The number of carboxylic acid groups (broad SMARTS) is 1. The predicted octanol–water partition coefficient (Wildman–Crippen LogP) is 2.62. The monoisotopic (exact) mass is 358 g/mol. The predicted molar refractivity (Wildman–Crippen MR) is 83.6 cm³/mol. The van der Waals surface area contributed by atoms with Gasteiger partial charge in [0.2, 0.25) is 0 Å². The van der Waals surface area contributed by atoms with Crippen LogP contribution in [0.25, 0.3) is 0 Å². The van der Waals surface area contributed by atoms with E-state index in [0.29, 0.717) is 0 Å². The highest BCUT2D eigenvalue weighted by molar-refractivity contribution is 9.10. The van der Waals surface area contributed by atoms with E-state index in [2.05, 4.69) is 26.6 Å². The molecule has 1 atom stereocenters. The van der Waals surface area contributed by atoms with E-state index in [0.717, 1.165) is 22.1 Å². The minimum atomic E-state index is -0.967. The van der Waals surface area contributed by atoms with Gasteiger partial charge >= 0.3 is 12.0 Å². The van der Waals surface area contributed by atoms with Crippen LogP contribution in [0.2, 0.25) is 0 Å². The number of nitrogens with one attached hydrogen (secondary N) is 2. The number of benzene rings is 1. The van der Waals surface area contributed by atoms with Gasteiger partial charge in [0, 0.05) is 23.8 Å². The molecular formula is C14H19BrN2O4. The maximum atomic E-state index is 11.8. The number of ether oxygens (including phenoxy) is 1. The Balaban J connectivity index is 2.55. The zero-order chi connectivity index (χ0) is 15.8. The first-order valence-electron chi connectivity index (χ1n) is 6.54. The third-order valence-corrected chi connectivity index (χ3v) is 3.42. The van der Waals surface area contributed by atoms with E-state index in [1.807, 2.05) is 25.1 Å². The Morgan fingerprint density at radius 1 is 1.43 bits per heavy atom. The summed E-state index contributed by atoms with van der Waals surface area (Å²) in [6.45, 7) is 2.13. The maximum Gasteiger partial charge on any atom is 0.319 e. The molecule has 1 aromatic rings. The molecule has 21 heavy (non-hydrogen) atoms. The fourth-order valence-electron chi connectivity index (χ4n) is 1.78. The number of urea groups is 1. The molecule has 1 aromatic carbocycles. The lowest BCUT2D eigenvalue weighted by Crippen LogP contribution is -2.37. The Hall–Kier alpha value is -1.60. The summed E-state index contributed by atoms with van der Waals surface area (Å²) < 4.78 is 5.94. The largest absolute Gasteiger partial charge is 0.481 e. The van der Waals surface area contributed by atoms with Crippen LogP contribution in [-0.4, -0.2) is 36.9 Å². The Labute approximate surface area is 132 Å². The topological polar surface area (TPSA) is 87.7 Å². The van der Waals surface area contributed by atoms with E-state index >= 15 is 0 Å². The Morgan fingerprint density at radius 3 is 2.71 bits per heavy atom. The van der Waals surface area contributed by atoms with Gasteiger partial charge in [0.1, 0.15) is 0 Å². The second-order valence-corrected chi connectivity index (χ2v) is 5.36. The van der Waals surface area contributed by atoms with Crippen LogP contribution in [0, 0.1) is 0 Å². The van der Waals surface area contributed by atoms with Crippen molar-refractivity contribution < 1.29 is 19.4 Å². The quantitative estimate of drug-likeness (QED) is 0.698. The molecule has 0 heterocycles. The van der Waals surface area contributed by atoms with Crippen molar-refractivity contribution in [2.45, 2.75) is 25.9 Å². The van der Waals surface area contributed by atoms with Gasteiger partial charge in [0.25, 0.3) is 0 Å². The lowest BCUT2D eigenvalue weighted by atomic mass is 10.1. The first kappa shape index (κ1) is 17.5. The number of hydrogen-bond acceptors (Lipinski definition) is 3. The zero-order valence-corrected chi connectivity index (χ0v) is 13.6. The van der Waals surface area contributed by atoms with E-state index in [9.17, 15) is 9.59 Å². The Morgan fingerprint density at radius 2 is 2.14 bits per heavy atom. The summed E-state index contributed by atoms with van der Waals surface area (Å²) >= 11 is 3.38. The Kier molecular flexibility index (Phi) is 7.18. The lowest BCUT2D eigenvalue weighted by Gasteiger charge is -2.15. The molecule has 6 nitrogen and oxygen atoms in total. The van der Waals surface area contributed by atoms with E-state index in [1.54, 1.807) is 0 Å². The van der Waals surface area contributed by atoms with Crippen LogP contribution >= 0.6 is 15.9 Å². The van der Waals surface area contributed by atoms with Gasteiger partial charge in [-0.25, -0.2) is 4.79 Å². The molecular weight excluding hydrogens is 340 g/mol. The third kappa shape index (κ3) is 6.14. The van der Waals surface area contributed by atoms with Crippen molar-refractivity contribution in [2.75, 3.05) is 19.0 Å². The molecule has 0 saturated heterocycles. The molecule has 0 aliphatic carbocycles. The molecule has 1 unspecified atom stereocenters. The van der Waals surface area contributed by atoms with Gasteiger partial charge in [-0.3, -0.25) is 4.79 Å². The number of aliphatic carboxylic acids is 1. The first-order valence-corrected chi connectivity index (χ1v) is 7.33. The van der Waals surface area contributed by atoms with Crippen molar-refractivity contribution in [3.63, 3.8) is 0 Å². The number of aryl methyl sites for hydroxylation is 1. The van der Waals surface area contributed by atoms with Crippen LogP contribution in [0.5, 0.6) is 0 Å². The number of methoxy groups -OCH3 is 1. The van der Waals surface area contributed by atoms with E-state index in [4.69, 9.17) is 9.84 Å². The van der Waals surface area contributed by atoms with Crippen molar-refractivity contribution in [1.82, 2.24) is 5.32 Å². The normalized spacial score (nSPS) is 11.8. The fraction of sp³-hybridized carbons (Fsp3) is 0.429. The van der Waals surface area contributed by atoms with Gasteiger partial charge in [-0.2, -0.15) is 0 Å². The molecule has 0 radical (unpaired) electrons. The summed E-state index contributed by atoms with van der Waals surface area (Å²) in [6.07, 6.45) is 0.0770. The fourth-order valence-corrected chi connectivity index (χ4v) is 2.19. The minimum Gasteiger partial charge on any atom is -0.481 e. The molecule has 0 spiro atoms. The van der Waals surface area contributed by atoms with Crippen LogP contribution in [0.4, 0.5) is 10.5 Å². The molecule has 0 aliphatic rings. The van der Waals surface area contributed by atoms with Crippen LogP contribution < -0.4 is 10.6 Å². The second-order valence-electron chi connectivity index (χ2n) is 4.45. The molecule has 0 fully saturated rings. The average Bonchev–Trinajstić information content (AvgIpc) is 2.44. The molecule has 116 valence electrons. The van der Waals surface area contributed by atoms with E-state index in [-0.39, 0.29) is 19.0 Å². The smallest absolute Gasteiger partial charge is 0.319 e. The summed E-state index contributed by atoms with van der Waals surface area (Å²) in [5, 5.41) is 14.0. The highest BCUT2D eigenvalue weighted by atomic mass is 79.9. The standard InChI is InChI=1S/C14H19BrN2O4/c1-3-9-6-10(15)4-5-12(9)17-14(20)16-8-11(21-2)7-13(18)19/h4-6,11H,3,7-8H2,1-2H3,(H,18,19)(H2,16,17,20). The maximum absolute atomic E-state index is 11.8. The van der Waals surface area contributed by atoms with Crippen molar-refractivity contribution in [1.29, 1.82) is 0 Å². The van der Waals surface area contributed by atoms with Crippen LogP contribution in [-0.2, 0) is 16.0 Å². The number of rotatable bonds is 7. The molecule has 3 N–H and O–H groups in total.